The van der Waals surface area contributed by atoms with Gasteiger partial charge in [0.05, 0.1) is 12.1 Å². The summed E-state index contributed by atoms with van der Waals surface area (Å²) in [7, 11) is 1.70. The number of nitrogens with zero attached hydrogens (tertiary/aromatic N) is 2. The second-order valence-electron chi connectivity index (χ2n) is 9.55. The molecule has 0 spiro atoms. The first kappa shape index (κ1) is 27.1. The van der Waals surface area contributed by atoms with Gasteiger partial charge in [0.15, 0.2) is 0 Å². The van der Waals surface area contributed by atoms with Crippen molar-refractivity contribution < 1.29 is 19.5 Å². The number of carboxylic acids is 1. The van der Waals surface area contributed by atoms with E-state index >= 15 is 0 Å². The van der Waals surface area contributed by atoms with Crippen molar-refractivity contribution in [3.05, 3.63) is 11.6 Å². The molecule has 0 aliphatic carbocycles. The topological polar surface area (TPSA) is 90.0 Å². The number of carboxylic acid groups (broad SMARTS) is 1. The minimum absolute atomic E-state index is 0.0336. The Kier molecular flexibility index (Phi) is 10.7. The van der Waals surface area contributed by atoms with Crippen LogP contribution in [-0.2, 0) is 14.4 Å². The second kappa shape index (κ2) is 12.2. The van der Waals surface area contributed by atoms with Crippen molar-refractivity contribution in [1.29, 1.82) is 0 Å². The van der Waals surface area contributed by atoms with E-state index in [4.69, 9.17) is 0 Å². The fourth-order valence-corrected chi connectivity index (χ4v) is 4.23. The van der Waals surface area contributed by atoms with Crippen molar-refractivity contribution in [2.75, 3.05) is 13.6 Å². The van der Waals surface area contributed by atoms with E-state index in [0.717, 1.165) is 32.2 Å². The molecule has 1 aliphatic rings. The van der Waals surface area contributed by atoms with Gasteiger partial charge in [-0.25, -0.2) is 4.79 Å². The highest BCUT2D eigenvalue weighted by Crippen LogP contribution is 2.22. The number of aliphatic carboxylic acids is 1. The summed E-state index contributed by atoms with van der Waals surface area (Å²) in [6.07, 6.45) is 5.28. The maximum atomic E-state index is 13.5. The summed E-state index contributed by atoms with van der Waals surface area (Å²) in [5.41, 5.74) is 0.206. The van der Waals surface area contributed by atoms with Crippen molar-refractivity contribution >= 4 is 17.8 Å². The molecule has 0 aromatic rings. The lowest BCUT2D eigenvalue weighted by Crippen LogP contribution is -2.59. The van der Waals surface area contributed by atoms with Crippen LogP contribution in [0.25, 0.3) is 0 Å². The minimum atomic E-state index is -0.996. The molecule has 2 amide bonds. The van der Waals surface area contributed by atoms with Crippen molar-refractivity contribution in [1.82, 2.24) is 15.1 Å². The molecule has 178 valence electrons. The lowest BCUT2D eigenvalue weighted by atomic mass is 9.93. The number of likely N-dealkylation sites (N-methyl/N-ethyl adjacent to an activating group) is 1. The van der Waals surface area contributed by atoms with Crippen LogP contribution >= 0.6 is 0 Å². The van der Waals surface area contributed by atoms with Crippen LogP contribution < -0.4 is 5.32 Å². The molecule has 1 heterocycles. The number of carbonyl (C=O) groups is 3. The van der Waals surface area contributed by atoms with Crippen molar-refractivity contribution in [3.63, 3.8) is 0 Å². The van der Waals surface area contributed by atoms with Gasteiger partial charge in [0.2, 0.25) is 11.8 Å². The average molecular weight is 438 g/mol. The van der Waals surface area contributed by atoms with Crippen molar-refractivity contribution in [2.24, 2.45) is 11.8 Å². The number of nitrogens with one attached hydrogen (secondary N) is 1. The smallest absolute Gasteiger partial charge is 0.331 e. The lowest BCUT2D eigenvalue weighted by Gasteiger charge is -2.39. The summed E-state index contributed by atoms with van der Waals surface area (Å²) >= 11 is 0. The molecular weight excluding hydrogens is 394 g/mol. The molecule has 1 fully saturated rings. The first-order valence-electron chi connectivity index (χ1n) is 11.7. The van der Waals surface area contributed by atoms with Crippen LogP contribution in [0.2, 0.25) is 0 Å². The molecule has 1 saturated heterocycles. The Balaban J connectivity index is 3.11. The lowest BCUT2D eigenvalue weighted by molar-refractivity contribution is -0.140. The Hall–Kier alpha value is -1.89. The van der Waals surface area contributed by atoms with Crippen LogP contribution in [0.4, 0.5) is 0 Å². The van der Waals surface area contributed by atoms with Gasteiger partial charge in [0, 0.05) is 18.7 Å². The van der Waals surface area contributed by atoms with Gasteiger partial charge in [-0.2, -0.15) is 0 Å². The summed E-state index contributed by atoms with van der Waals surface area (Å²) in [6.45, 7) is 14.5. The number of carbonyl (C=O) groups excluding carboxylic acids is 2. The number of amides is 2. The van der Waals surface area contributed by atoms with E-state index < -0.39 is 12.0 Å². The zero-order valence-corrected chi connectivity index (χ0v) is 20.6. The van der Waals surface area contributed by atoms with Gasteiger partial charge in [0.25, 0.3) is 0 Å². The first-order chi connectivity index (χ1) is 14.4. The molecule has 0 aromatic heterocycles. The third-order valence-corrected chi connectivity index (χ3v) is 6.52. The van der Waals surface area contributed by atoms with E-state index in [-0.39, 0.29) is 47.3 Å². The van der Waals surface area contributed by atoms with E-state index in [0.29, 0.717) is 0 Å². The summed E-state index contributed by atoms with van der Waals surface area (Å²) in [5.74, 6) is -1.26. The monoisotopic (exact) mass is 437 g/mol. The fourth-order valence-electron chi connectivity index (χ4n) is 4.23. The molecule has 7 nitrogen and oxygen atoms in total. The van der Waals surface area contributed by atoms with Gasteiger partial charge in [-0.05, 0) is 52.0 Å². The zero-order valence-electron chi connectivity index (χ0n) is 20.6. The molecular formula is C24H43N3O4. The van der Waals surface area contributed by atoms with Crippen molar-refractivity contribution in [3.8, 4) is 0 Å². The summed E-state index contributed by atoms with van der Waals surface area (Å²) < 4.78 is 0. The van der Waals surface area contributed by atoms with E-state index in [1.54, 1.807) is 18.0 Å². The Morgan fingerprint density at radius 2 is 1.77 bits per heavy atom. The second-order valence-corrected chi connectivity index (χ2v) is 9.55. The Morgan fingerprint density at radius 3 is 2.26 bits per heavy atom. The fraction of sp³-hybridized carbons (Fsp3) is 0.792. The average Bonchev–Trinajstić information content (AvgIpc) is 2.73. The third-order valence-electron chi connectivity index (χ3n) is 6.52. The summed E-state index contributed by atoms with van der Waals surface area (Å²) in [6, 6.07) is -0.952. The summed E-state index contributed by atoms with van der Waals surface area (Å²) in [5, 5.41) is 12.3. The number of piperidine rings is 1. The predicted octanol–water partition coefficient (Wildman–Crippen LogP) is 3.29. The van der Waals surface area contributed by atoms with Gasteiger partial charge in [0.1, 0.15) is 6.04 Å². The highest BCUT2D eigenvalue weighted by atomic mass is 16.4. The van der Waals surface area contributed by atoms with Gasteiger partial charge in [-0.1, -0.05) is 46.6 Å². The van der Waals surface area contributed by atoms with E-state index in [2.05, 4.69) is 24.1 Å². The zero-order chi connectivity index (χ0) is 23.9. The van der Waals surface area contributed by atoms with E-state index in [9.17, 15) is 19.5 Å². The SMILES string of the molecule is CC[C@H](C)C(NC(=O)C1CCCCN1C(C)C)C(=O)N(C)[C@H](/C=C(\C)C(=O)O)C(C)C. The predicted molar refractivity (Wildman–Crippen MR) is 124 cm³/mol. The van der Waals surface area contributed by atoms with Crippen LogP contribution in [-0.4, -0.2) is 70.4 Å². The number of hydrogen-bond acceptors (Lipinski definition) is 4. The quantitative estimate of drug-likeness (QED) is 0.512. The van der Waals surface area contributed by atoms with Gasteiger partial charge in [-0.3, -0.25) is 14.5 Å². The van der Waals surface area contributed by atoms with Gasteiger partial charge >= 0.3 is 5.97 Å². The molecule has 0 radical (unpaired) electrons. The number of rotatable bonds is 10. The highest BCUT2D eigenvalue weighted by molar-refractivity contribution is 5.90. The standard InChI is InChI=1S/C24H43N3O4/c1-9-17(6)21(25-22(28)19-12-10-11-13-27(19)16(4)5)23(29)26(8)20(15(2)3)14-18(7)24(30)31/h14-17,19-21H,9-13H2,1-8H3,(H,25,28)(H,30,31)/b18-14+/t17-,19?,20+,21?/m0/s1. The molecule has 0 saturated carbocycles. The third kappa shape index (κ3) is 7.34. The first-order valence-corrected chi connectivity index (χ1v) is 11.7. The van der Waals surface area contributed by atoms with Crippen molar-refractivity contribution in [2.45, 2.75) is 98.3 Å². The molecule has 2 N–H and O–H groups in total. The van der Waals surface area contributed by atoms with Crippen LogP contribution in [0.5, 0.6) is 0 Å². The van der Waals surface area contributed by atoms with Gasteiger partial charge in [-0.15, -0.1) is 0 Å². The number of likely N-dealkylation sites (tertiary alicyclic amines) is 1. The maximum Gasteiger partial charge on any atom is 0.331 e. The molecule has 31 heavy (non-hydrogen) atoms. The molecule has 7 heteroatoms. The molecule has 1 aliphatic heterocycles. The van der Waals surface area contributed by atoms with Crippen LogP contribution in [0.15, 0.2) is 11.6 Å². The largest absolute Gasteiger partial charge is 0.478 e. The van der Waals surface area contributed by atoms with Crippen LogP contribution in [0.1, 0.15) is 74.1 Å². The molecule has 1 rings (SSSR count). The Labute approximate surface area is 188 Å². The number of hydrogen-bond donors (Lipinski definition) is 2. The Morgan fingerprint density at radius 1 is 1.16 bits per heavy atom. The van der Waals surface area contributed by atoms with Crippen LogP contribution in [0, 0.1) is 11.8 Å². The van der Waals surface area contributed by atoms with Gasteiger partial charge < -0.3 is 15.3 Å². The molecule has 2 unspecified atom stereocenters. The van der Waals surface area contributed by atoms with E-state index in [1.807, 2.05) is 27.7 Å². The maximum absolute atomic E-state index is 13.5. The van der Waals surface area contributed by atoms with Crippen LogP contribution in [0.3, 0.4) is 0 Å². The highest BCUT2D eigenvalue weighted by Gasteiger charge is 2.36. The minimum Gasteiger partial charge on any atom is -0.478 e. The molecule has 0 aromatic carbocycles. The van der Waals surface area contributed by atoms with E-state index in [1.165, 1.54) is 6.92 Å². The molecule has 4 atom stereocenters. The molecule has 0 bridgehead atoms. The normalized spacial score (nSPS) is 21.0. The summed E-state index contributed by atoms with van der Waals surface area (Å²) in [4.78, 5) is 41.8. The Bertz CT molecular complexity index is 659.